The van der Waals surface area contributed by atoms with Crippen molar-refractivity contribution in [3.63, 3.8) is 0 Å². The van der Waals surface area contributed by atoms with Crippen molar-refractivity contribution < 1.29 is 13.9 Å². The molecule has 202 valence electrons. The lowest BCUT2D eigenvalue weighted by Crippen LogP contribution is -2.19. The van der Waals surface area contributed by atoms with Crippen LogP contribution in [0.1, 0.15) is 41.4 Å². The lowest BCUT2D eigenvalue weighted by Gasteiger charge is -2.25. The number of carbonyl (C=O) groups excluding carboxylic acids is 1. The third-order valence-corrected chi connectivity index (χ3v) is 7.70. The number of nitrogens with zero attached hydrogens (tertiary/aromatic N) is 4. The second kappa shape index (κ2) is 11.1. The predicted octanol–water partition coefficient (Wildman–Crippen LogP) is 7.40. The number of anilines is 3. The van der Waals surface area contributed by atoms with E-state index in [-0.39, 0.29) is 18.0 Å². The number of aryl methyl sites for hydroxylation is 1. The van der Waals surface area contributed by atoms with E-state index in [4.69, 9.17) is 9.72 Å². The zero-order valence-corrected chi connectivity index (χ0v) is 23.3. The van der Waals surface area contributed by atoms with E-state index in [0.717, 1.165) is 34.9 Å². The van der Waals surface area contributed by atoms with Crippen LogP contribution in [0.4, 0.5) is 21.6 Å². The van der Waals surface area contributed by atoms with E-state index in [0.29, 0.717) is 46.4 Å². The highest BCUT2D eigenvalue weighted by atomic mass is 79.9. The molecule has 40 heavy (non-hydrogen) atoms. The molecular formula is C30H26BrFN6O2. The fourth-order valence-corrected chi connectivity index (χ4v) is 5.08. The molecule has 6 rings (SSSR count). The van der Waals surface area contributed by atoms with Gasteiger partial charge in [0.2, 0.25) is 0 Å². The molecule has 3 heterocycles. The molecule has 0 aliphatic carbocycles. The zero-order valence-electron chi connectivity index (χ0n) is 21.7. The summed E-state index contributed by atoms with van der Waals surface area (Å²) in [6.45, 7) is 2.59. The minimum absolute atomic E-state index is 0.204. The summed E-state index contributed by atoms with van der Waals surface area (Å²) in [7, 11) is 0. The second-order valence-electron chi connectivity index (χ2n) is 9.66. The number of imidazole rings is 1. The van der Waals surface area contributed by atoms with Gasteiger partial charge in [-0.3, -0.25) is 9.36 Å². The molecule has 1 saturated heterocycles. The molecule has 8 nitrogen and oxygen atoms in total. The Balaban J connectivity index is 1.40. The van der Waals surface area contributed by atoms with Crippen molar-refractivity contribution in [3.05, 3.63) is 94.5 Å². The fraction of sp³-hybridized carbons (Fsp3) is 0.200. The molecule has 0 spiro atoms. The number of fused-ring (bicyclic) bond motifs is 1. The smallest absolute Gasteiger partial charge is 0.255 e. The first kappa shape index (κ1) is 26.1. The van der Waals surface area contributed by atoms with Gasteiger partial charge in [0.15, 0.2) is 17.0 Å². The summed E-state index contributed by atoms with van der Waals surface area (Å²) in [5, 5.41) is 6.18. The van der Waals surface area contributed by atoms with Gasteiger partial charge < -0.3 is 15.4 Å². The maximum atomic E-state index is 13.8. The molecule has 5 aromatic rings. The van der Waals surface area contributed by atoms with Gasteiger partial charge >= 0.3 is 0 Å². The highest BCUT2D eigenvalue weighted by molar-refractivity contribution is 9.10. The lowest BCUT2D eigenvalue weighted by atomic mass is 10.1. The van der Waals surface area contributed by atoms with Crippen molar-refractivity contribution in [1.82, 2.24) is 19.5 Å². The van der Waals surface area contributed by atoms with Gasteiger partial charge in [-0.1, -0.05) is 34.1 Å². The normalized spacial score (nSPS) is 15.2. The molecule has 2 N–H and O–H groups in total. The molecule has 0 radical (unpaired) electrons. The molecule has 3 aromatic carbocycles. The quantitative estimate of drug-likeness (QED) is 0.211. The molecule has 1 atom stereocenters. The zero-order chi connectivity index (χ0) is 27.6. The molecule has 1 amide bonds. The van der Waals surface area contributed by atoms with Crippen molar-refractivity contribution >= 4 is 50.2 Å². The molecular weight excluding hydrogens is 575 g/mol. The van der Waals surface area contributed by atoms with Crippen LogP contribution in [0.15, 0.2) is 77.5 Å². The maximum absolute atomic E-state index is 13.8. The largest absolute Gasteiger partial charge is 0.358 e. The SMILES string of the molecule is Cc1cc(C(=O)Nc2cccc(-c3nc4c(Nc5cccc(F)c5)ncnc4n3C3CCCCO3)c2)ccc1Br. The topological polar surface area (TPSA) is 94.0 Å². The van der Waals surface area contributed by atoms with E-state index in [1.807, 2.05) is 47.9 Å². The summed E-state index contributed by atoms with van der Waals surface area (Å²) in [5.74, 6) is 0.542. The summed E-state index contributed by atoms with van der Waals surface area (Å²) < 4.78 is 22.9. The highest BCUT2D eigenvalue weighted by Crippen LogP contribution is 2.35. The number of ether oxygens (including phenoxy) is 1. The van der Waals surface area contributed by atoms with Crippen LogP contribution >= 0.6 is 15.9 Å². The number of carbonyl (C=O) groups is 1. The van der Waals surface area contributed by atoms with E-state index in [1.165, 1.54) is 18.5 Å². The Morgan fingerprint density at radius 2 is 1.90 bits per heavy atom. The van der Waals surface area contributed by atoms with Crippen molar-refractivity contribution in [2.45, 2.75) is 32.4 Å². The molecule has 2 aromatic heterocycles. The third kappa shape index (κ3) is 5.32. The number of benzene rings is 3. The van der Waals surface area contributed by atoms with Crippen LogP contribution in [-0.2, 0) is 4.74 Å². The van der Waals surface area contributed by atoms with Gasteiger partial charge in [-0.2, -0.15) is 0 Å². The average Bonchev–Trinajstić information content (AvgIpc) is 3.36. The van der Waals surface area contributed by atoms with Crippen molar-refractivity contribution in [2.75, 3.05) is 17.2 Å². The monoisotopic (exact) mass is 600 g/mol. The van der Waals surface area contributed by atoms with Crippen LogP contribution < -0.4 is 10.6 Å². The summed E-state index contributed by atoms with van der Waals surface area (Å²) in [4.78, 5) is 26.9. The fourth-order valence-electron chi connectivity index (χ4n) is 4.83. The van der Waals surface area contributed by atoms with Gasteiger partial charge in [-0.25, -0.2) is 19.3 Å². The predicted molar refractivity (Wildman–Crippen MR) is 156 cm³/mol. The van der Waals surface area contributed by atoms with E-state index >= 15 is 0 Å². The molecule has 1 fully saturated rings. The van der Waals surface area contributed by atoms with Crippen molar-refractivity contribution in [2.24, 2.45) is 0 Å². The number of aromatic nitrogens is 4. The van der Waals surface area contributed by atoms with Crippen LogP contribution in [0, 0.1) is 12.7 Å². The van der Waals surface area contributed by atoms with Crippen LogP contribution in [0.25, 0.3) is 22.6 Å². The number of rotatable bonds is 6. The summed E-state index contributed by atoms with van der Waals surface area (Å²) >= 11 is 3.48. The van der Waals surface area contributed by atoms with Gasteiger partial charge in [-0.05, 0) is 80.3 Å². The standard InChI is InChI=1S/C30H26BrFN6O2/c1-18-14-20(11-12-24(18)31)30(39)36-22-8-4-6-19(15-22)28-37-26-27(35-23-9-5-7-21(32)16-23)33-17-34-29(26)38(28)25-10-2-3-13-40-25/h4-9,11-12,14-17,25H,2-3,10,13H2,1H3,(H,36,39)(H,33,34,35). The molecule has 0 saturated carbocycles. The minimum Gasteiger partial charge on any atom is -0.358 e. The van der Waals surface area contributed by atoms with Gasteiger partial charge in [0.05, 0.1) is 0 Å². The number of hydrogen-bond acceptors (Lipinski definition) is 6. The Morgan fingerprint density at radius 3 is 2.70 bits per heavy atom. The van der Waals surface area contributed by atoms with E-state index in [9.17, 15) is 9.18 Å². The number of nitrogens with one attached hydrogen (secondary N) is 2. The molecule has 0 bridgehead atoms. The molecule has 10 heteroatoms. The molecule has 1 aliphatic rings. The van der Waals surface area contributed by atoms with Crippen LogP contribution in [-0.4, -0.2) is 32.0 Å². The first-order valence-corrected chi connectivity index (χ1v) is 13.8. The van der Waals surface area contributed by atoms with Crippen molar-refractivity contribution in [3.8, 4) is 11.4 Å². The number of amides is 1. The number of hydrogen-bond donors (Lipinski definition) is 2. The van der Waals surface area contributed by atoms with E-state index < -0.39 is 0 Å². The van der Waals surface area contributed by atoms with E-state index in [1.54, 1.807) is 18.2 Å². The van der Waals surface area contributed by atoms with Crippen LogP contribution in [0.5, 0.6) is 0 Å². The third-order valence-electron chi connectivity index (χ3n) is 6.81. The van der Waals surface area contributed by atoms with Gasteiger partial charge in [-0.15, -0.1) is 0 Å². The Morgan fingerprint density at radius 1 is 1.05 bits per heavy atom. The summed E-state index contributed by atoms with van der Waals surface area (Å²) in [6.07, 6.45) is 4.04. The van der Waals surface area contributed by atoms with Crippen molar-refractivity contribution in [1.29, 1.82) is 0 Å². The number of halogens is 2. The molecule has 1 unspecified atom stereocenters. The highest BCUT2D eigenvalue weighted by Gasteiger charge is 2.26. The van der Waals surface area contributed by atoms with Gasteiger partial charge in [0.1, 0.15) is 24.2 Å². The lowest BCUT2D eigenvalue weighted by molar-refractivity contribution is -0.0287. The summed E-state index contributed by atoms with van der Waals surface area (Å²) in [5.41, 5.74) is 4.66. The first-order valence-electron chi connectivity index (χ1n) is 13.0. The Labute approximate surface area is 238 Å². The van der Waals surface area contributed by atoms with E-state index in [2.05, 4.69) is 36.5 Å². The Bertz CT molecular complexity index is 1720. The minimum atomic E-state index is -0.353. The maximum Gasteiger partial charge on any atom is 0.255 e. The first-order chi connectivity index (χ1) is 19.5. The second-order valence-corrected chi connectivity index (χ2v) is 10.5. The summed E-state index contributed by atoms with van der Waals surface area (Å²) in [6, 6.07) is 19.2. The Hall–Kier alpha value is -4.15. The van der Waals surface area contributed by atoms with Crippen LogP contribution in [0.3, 0.4) is 0 Å². The molecule has 1 aliphatic heterocycles. The van der Waals surface area contributed by atoms with Gasteiger partial charge in [0, 0.05) is 33.6 Å². The average molecular weight is 601 g/mol. The Kier molecular flexibility index (Phi) is 7.27. The van der Waals surface area contributed by atoms with Crippen LogP contribution in [0.2, 0.25) is 0 Å². The van der Waals surface area contributed by atoms with Gasteiger partial charge in [0.25, 0.3) is 5.91 Å².